The zero-order chi connectivity index (χ0) is 13.3. The summed E-state index contributed by atoms with van der Waals surface area (Å²) in [5, 5.41) is 0. The van der Waals surface area contributed by atoms with Crippen LogP contribution in [0.5, 0.6) is 0 Å². The topological polar surface area (TPSA) is 46.3 Å². The molecule has 0 spiro atoms. The van der Waals surface area contributed by atoms with Crippen molar-refractivity contribution in [3.8, 4) is 0 Å². The van der Waals surface area contributed by atoms with E-state index in [9.17, 15) is 13.6 Å². The van der Waals surface area contributed by atoms with E-state index in [1.807, 2.05) is 6.92 Å². The average Bonchev–Trinajstić information content (AvgIpc) is 3.15. The molecule has 1 amide bonds. The standard InChI is InChI=1S/C13H16F2N2O/c1-2-7-17(8-3-4-8)13(18)11-9(14)5-6-10(16)12(11)15/h5-6,8H,2-4,7,16H2,1H3. The molecule has 1 aromatic carbocycles. The van der Waals surface area contributed by atoms with Gasteiger partial charge in [0.2, 0.25) is 0 Å². The number of benzene rings is 1. The van der Waals surface area contributed by atoms with Crippen molar-refractivity contribution >= 4 is 11.6 Å². The third-order valence-corrected chi connectivity index (χ3v) is 3.05. The van der Waals surface area contributed by atoms with Crippen molar-refractivity contribution in [1.82, 2.24) is 4.90 Å². The Morgan fingerprint density at radius 1 is 1.44 bits per heavy atom. The fraction of sp³-hybridized carbons (Fsp3) is 0.462. The van der Waals surface area contributed by atoms with E-state index in [4.69, 9.17) is 5.73 Å². The number of rotatable bonds is 4. The number of nitrogens with zero attached hydrogens (tertiary/aromatic N) is 1. The van der Waals surface area contributed by atoms with Gasteiger partial charge in [0.1, 0.15) is 11.4 Å². The lowest BCUT2D eigenvalue weighted by atomic mass is 10.1. The molecule has 0 unspecified atom stereocenters. The Kier molecular flexibility index (Phi) is 3.50. The highest BCUT2D eigenvalue weighted by atomic mass is 19.1. The predicted molar refractivity (Wildman–Crippen MR) is 65.1 cm³/mol. The monoisotopic (exact) mass is 254 g/mol. The maximum atomic E-state index is 13.8. The number of halogens is 2. The van der Waals surface area contributed by atoms with Crippen LogP contribution in [0.1, 0.15) is 36.5 Å². The first-order valence-electron chi connectivity index (χ1n) is 6.10. The van der Waals surface area contributed by atoms with E-state index in [-0.39, 0.29) is 11.7 Å². The van der Waals surface area contributed by atoms with Crippen molar-refractivity contribution in [2.24, 2.45) is 0 Å². The van der Waals surface area contributed by atoms with Crippen molar-refractivity contribution in [2.75, 3.05) is 12.3 Å². The Hall–Kier alpha value is -1.65. The SMILES string of the molecule is CCCN(C(=O)c1c(F)ccc(N)c1F)C1CC1. The molecule has 0 bridgehead atoms. The fourth-order valence-electron chi connectivity index (χ4n) is 1.99. The minimum atomic E-state index is -0.957. The van der Waals surface area contributed by atoms with Crippen molar-refractivity contribution in [1.29, 1.82) is 0 Å². The number of carbonyl (C=O) groups excluding carboxylic acids is 1. The third kappa shape index (κ3) is 2.30. The van der Waals surface area contributed by atoms with Crippen LogP contribution in [-0.2, 0) is 0 Å². The zero-order valence-corrected chi connectivity index (χ0v) is 10.2. The van der Waals surface area contributed by atoms with Gasteiger partial charge in [-0.3, -0.25) is 4.79 Å². The molecule has 1 aliphatic carbocycles. The Balaban J connectivity index is 2.34. The van der Waals surface area contributed by atoms with E-state index in [1.54, 1.807) is 4.90 Å². The van der Waals surface area contributed by atoms with Crippen LogP contribution in [0.2, 0.25) is 0 Å². The molecule has 1 aromatic rings. The van der Waals surface area contributed by atoms with E-state index >= 15 is 0 Å². The molecule has 2 N–H and O–H groups in total. The second-order valence-corrected chi connectivity index (χ2v) is 4.56. The van der Waals surface area contributed by atoms with E-state index in [2.05, 4.69) is 0 Å². The molecule has 0 radical (unpaired) electrons. The normalized spacial score (nSPS) is 14.6. The number of anilines is 1. The van der Waals surface area contributed by atoms with E-state index in [0.29, 0.717) is 6.54 Å². The average molecular weight is 254 g/mol. The van der Waals surface area contributed by atoms with Crippen LogP contribution in [0.4, 0.5) is 14.5 Å². The highest BCUT2D eigenvalue weighted by Gasteiger charge is 2.34. The Labute approximate surface area is 105 Å². The number of hydrogen-bond donors (Lipinski definition) is 1. The van der Waals surface area contributed by atoms with Crippen LogP contribution in [-0.4, -0.2) is 23.4 Å². The molecule has 1 fully saturated rings. The minimum Gasteiger partial charge on any atom is -0.396 e. The van der Waals surface area contributed by atoms with Gasteiger partial charge in [-0.25, -0.2) is 8.78 Å². The molecule has 18 heavy (non-hydrogen) atoms. The first-order valence-corrected chi connectivity index (χ1v) is 6.10. The molecule has 0 heterocycles. The van der Waals surface area contributed by atoms with Crippen LogP contribution < -0.4 is 5.73 Å². The number of amides is 1. The summed E-state index contributed by atoms with van der Waals surface area (Å²) in [6.45, 7) is 2.44. The van der Waals surface area contributed by atoms with Gasteiger partial charge in [-0.05, 0) is 31.4 Å². The van der Waals surface area contributed by atoms with Gasteiger partial charge >= 0.3 is 0 Å². The van der Waals surface area contributed by atoms with Crippen molar-refractivity contribution in [3.05, 3.63) is 29.3 Å². The summed E-state index contributed by atoms with van der Waals surface area (Å²) in [5.74, 6) is -2.41. The number of hydrogen-bond acceptors (Lipinski definition) is 2. The summed E-state index contributed by atoms with van der Waals surface area (Å²) in [4.78, 5) is 13.7. The highest BCUT2D eigenvalue weighted by molar-refractivity contribution is 5.96. The van der Waals surface area contributed by atoms with Gasteiger partial charge in [-0.15, -0.1) is 0 Å². The van der Waals surface area contributed by atoms with Crippen LogP contribution in [0, 0.1) is 11.6 Å². The number of nitrogens with two attached hydrogens (primary N) is 1. The fourth-order valence-corrected chi connectivity index (χ4v) is 1.99. The van der Waals surface area contributed by atoms with Gasteiger partial charge in [0.15, 0.2) is 5.82 Å². The van der Waals surface area contributed by atoms with Gasteiger partial charge in [0.25, 0.3) is 5.91 Å². The molecule has 0 saturated heterocycles. The summed E-state index contributed by atoms with van der Waals surface area (Å²) in [6, 6.07) is 2.28. The van der Waals surface area contributed by atoms with Crippen LogP contribution in [0.25, 0.3) is 0 Å². The van der Waals surface area contributed by atoms with Gasteiger partial charge in [0, 0.05) is 12.6 Å². The van der Waals surface area contributed by atoms with Crippen molar-refractivity contribution in [2.45, 2.75) is 32.2 Å². The molecule has 98 valence electrons. The quantitative estimate of drug-likeness (QED) is 0.839. The number of carbonyl (C=O) groups is 1. The van der Waals surface area contributed by atoms with Crippen LogP contribution in [0.15, 0.2) is 12.1 Å². The Morgan fingerprint density at radius 2 is 2.11 bits per heavy atom. The lowest BCUT2D eigenvalue weighted by Crippen LogP contribution is -2.35. The molecular weight excluding hydrogens is 238 g/mol. The molecule has 0 atom stereocenters. The maximum absolute atomic E-state index is 13.8. The molecule has 1 saturated carbocycles. The molecule has 1 aliphatic rings. The minimum absolute atomic E-state index is 0.123. The van der Waals surface area contributed by atoms with Crippen LogP contribution >= 0.6 is 0 Å². The third-order valence-electron chi connectivity index (χ3n) is 3.05. The summed E-state index contributed by atoms with van der Waals surface area (Å²) in [6.07, 6.45) is 2.56. The zero-order valence-electron chi connectivity index (χ0n) is 10.2. The van der Waals surface area contributed by atoms with E-state index < -0.39 is 23.1 Å². The van der Waals surface area contributed by atoms with E-state index in [1.165, 1.54) is 0 Å². The maximum Gasteiger partial charge on any atom is 0.260 e. The smallest absolute Gasteiger partial charge is 0.260 e. The summed E-state index contributed by atoms with van der Waals surface area (Å²) < 4.78 is 27.4. The Morgan fingerprint density at radius 3 is 2.67 bits per heavy atom. The highest BCUT2D eigenvalue weighted by Crippen LogP contribution is 2.30. The molecule has 0 aliphatic heterocycles. The molecular formula is C13H16F2N2O. The Bertz CT molecular complexity index is 472. The lowest BCUT2D eigenvalue weighted by Gasteiger charge is -2.22. The second-order valence-electron chi connectivity index (χ2n) is 4.56. The van der Waals surface area contributed by atoms with Gasteiger partial charge in [-0.1, -0.05) is 6.92 Å². The summed E-state index contributed by atoms with van der Waals surface area (Å²) in [5.41, 5.74) is 4.65. The molecule has 2 rings (SSSR count). The first kappa shape index (κ1) is 12.8. The number of nitrogen functional groups attached to an aromatic ring is 1. The molecule has 3 nitrogen and oxygen atoms in total. The second kappa shape index (κ2) is 4.92. The molecule has 5 heteroatoms. The van der Waals surface area contributed by atoms with E-state index in [0.717, 1.165) is 31.4 Å². The van der Waals surface area contributed by atoms with Gasteiger partial charge in [0.05, 0.1) is 5.69 Å². The first-order chi connectivity index (χ1) is 8.56. The largest absolute Gasteiger partial charge is 0.396 e. The lowest BCUT2D eigenvalue weighted by molar-refractivity contribution is 0.0733. The predicted octanol–water partition coefficient (Wildman–Crippen LogP) is 2.56. The summed E-state index contributed by atoms with van der Waals surface area (Å²) in [7, 11) is 0. The van der Waals surface area contributed by atoms with Gasteiger partial charge < -0.3 is 10.6 Å². The van der Waals surface area contributed by atoms with Gasteiger partial charge in [-0.2, -0.15) is 0 Å². The molecule has 0 aromatic heterocycles. The van der Waals surface area contributed by atoms with Crippen molar-refractivity contribution in [3.63, 3.8) is 0 Å². The summed E-state index contributed by atoms with van der Waals surface area (Å²) >= 11 is 0. The van der Waals surface area contributed by atoms with Crippen LogP contribution in [0.3, 0.4) is 0 Å². The van der Waals surface area contributed by atoms with Crippen molar-refractivity contribution < 1.29 is 13.6 Å².